The van der Waals surface area contributed by atoms with E-state index in [1.54, 1.807) is 24.3 Å². The van der Waals surface area contributed by atoms with Gasteiger partial charge < -0.3 is 10.3 Å². The number of nitrogens with two attached hydrogens (primary N) is 1. The summed E-state index contributed by atoms with van der Waals surface area (Å²) < 4.78 is 25.1. The van der Waals surface area contributed by atoms with E-state index in [1.807, 2.05) is 6.20 Å². The van der Waals surface area contributed by atoms with Gasteiger partial charge in [0.1, 0.15) is 5.82 Å². The normalized spacial score (nSPS) is 22.0. The molecule has 2 aromatic rings. The van der Waals surface area contributed by atoms with Crippen molar-refractivity contribution in [2.45, 2.75) is 36.7 Å². The van der Waals surface area contributed by atoms with Gasteiger partial charge in [-0.25, -0.2) is 13.4 Å². The molecule has 6 heteroatoms. The molecule has 0 saturated carbocycles. The van der Waals surface area contributed by atoms with Gasteiger partial charge in [-0.3, -0.25) is 0 Å². The predicted octanol–water partition coefficient (Wildman–Crippen LogP) is 1.79. The van der Waals surface area contributed by atoms with Gasteiger partial charge in [0.05, 0.1) is 10.6 Å². The van der Waals surface area contributed by atoms with Crippen molar-refractivity contribution in [2.24, 2.45) is 5.73 Å². The van der Waals surface area contributed by atoms with Gasteiger partial charge in [-0.15, -0.1) is 0 Å². The SMILES string of the molecule is CC1CC(N)Cn2cc(-c3ccc(S(C)(=O)=O)cc3)nc21. The molecule has 0 saturated heterocycles. The van der Waals surface area contributed by atoms with E-state index in [1.165, 1.54) is 6.26 Å². The fourth-order valence-corrected chi connectivity index (χ4v) is 3.50. The fourth-order valence-electron chi connectivity index (χ4n) is 2.87. The van der Waals surface area contributed by atoms with Crippen molar-refractivity contribution >= 4 is 9.84 Å². The van der Waals surface area contributed by atoms with Crippen molar-refractivity contribution < 1.29 is 8.42 Å². The van der Waals surface area contributed by atoms with E-state index in [2.05, 4.69) is 16.5 Å². The Bertz CT molecular complexity index is 763. The number of benzene rings is 1. The number of sulfone groups is 1. The summed E-state index contributed by atoms with van der Waals surface area (Å²) in [6.45, 7) is 2.92. The van der Waals surface area contributed by atoms with Gasteiger partial charge in [-0.2, -0.15) is 0 Å². The first-order chi connectivity index (χ1) is 9.84. The molecular weight excluding hydrogens is 286 g/mol. The molecule has 2 N–H and O–H groups in total. The van der Waals surface area contributed by atoms with Crippen molar-refractivity contribution in [1.29, 1.82) is 0 Å². The summed E-state index contributed by atoms with van der Waals surface area (Å²) >= 11 is 0. The van der Waals surface area contributed by atoms with Crippen LogP contribution in [0, 0.1) is 0 Å². The Kier molecular flexibility index (Phi) is 3.37. The van der Waals surface area contributed by atoms with Crippen LogP contribution in [0.3, 0.4) is 0 Å². The van der Waals surface area contributed by atoms with Gasteiger partial charge in [-0.1, -0.05) is 19.1 Å². The van der Waals surface area contributed by atoms with Gasteiger partial charge in [0.2, 0.25) is 0 Å². The highest BCUT2D eigenvalue weighted by Crippen LogP contribution is 2.29. The van der Waals surface area contributed by atoms with Crippen LogP contribution in [-0.4, -0.2) is 30.3 Å². The lowest BCUT2D eigenvalue weighted by atomic mass is 9.98. The lowest BCUT2D eigenvalue weighted by molar-refractivity contribution is 0.407. The summed E-state index contributed by atoms with van der Waals surface area (Å²) in [6.07, 6.45) is 4.16. The molecule has 0 amide bonds. The Morgan fingerprint density at radius 1 is 1.29 bits per heavy atom. The van der Waals surface area contributed by atoms with Crippen LogP contribution in [0.4, 0.5) is 0 Å². The monoisotopic (exact) mass is 305 g/mol. The molecule has 0 bridgehead atoms. The van der Waals surface area contributed by atoms with Crippen LogP contribution < -0.4 is 5.73 Å². The van der Waals surface area contributed by atoms with Crippen molar-refractivity contribution in [1.82, 2.24) is 9.55 Å². The molecule has 0 aliphatic carbocycles. The van der Waals surface area contributed by atoms with E-state index in [4.69, 9.17) is 5.73 Å². The molecule has 2 heterocycles. The second-order valence-electron chi connectivity index (χ2n) is 5.83. The number of nitrogens with zero attached hydrogens (tertiary/aromatic N) is 2. The highest BCUT2D eigenvalue weighted by atomic mass is 32.2. The third kappa shape index (κ3) is 2.73. The quantitative estimate of drug-likeness (QED) is 0.917. The molecule has 1 aliphatic rings. The second-order valence-corrected chi connectivity index (χ2v) is 7.85. The summed E-state index contributed by atoms with van der Waals surface area (Å²) in [5.74, 6) is 1.40. The van der Waals surface area contributed by atoms with Crippen molar-refractivity contribution in [3.8, 4) is 11.3 Å². The number of aromatic nitrogens is 2. The summed E-state index contributed by atoms with van der Waals surface area (Å²) in [4.78, 5) is 5.01. The maximum atomic E-state index is 11.5. The Morgan fingerprint density at radius 2 is 1.95 bits per heavy atom. The summed E-state index contributed by atoms with van der Waals surface area (Å²) in [5, 5.41) is 0. The average Bonchev–Trinajstić information content (AvgIpc) is 2.82. The molecule has 5 nitrogen and oxygen atoms in total. The van der Waals surface area contributed by atoms with E-state index < -0.39 is 9.84 Å². The van der Waals surface area contributed by atoms with E-state index in [-0.39, 0.29) is 6.04 Å². The number of hydrogen-bond acceptors (Lipinski definition) is 4. The van der Waals surface area contributed by atoms with Crippen molar-refractivity contribution in [3.63, 3.8) is 0 Å². The molecule has 0 fully saturated rings. The highest BCUT2D eigenvalue weighted by molar-refractivity contribution is 7.90. The van der Waals surface area contributed by atoms with Crippen LogP contribution in [0.15, 0.2) is 35.4 Å². The van der Waals surface area contributed by atoms with Crippen molar-refractivity contribution in [2.75, 3.05) is 6.26 Å². The van der Waals surface area contributed by atoms with Gasteiger partial charge in [0.25, 0.3) is 0 Å². The molecule has 2 unspecified atom stereocenters. The zero-order chi connectivity index (χ0) is 15.2. The molecule has 1 aromatic heterocycles. The summed E-state index contributed by atoms with van der Waals surface area (Å²) in [6, 6.07) is 7.02. The standard InChI is InChI=1S/C15H19N3O2S/c1-10-7-12(16)8-18-9-14(17-15(10)18)11-3-5-13(6-4-11)21(2,19)20/h3-6,9-10,12H,7-8,16H2,1-2H3. The van der Waals surface area contributed by atoms with Crippen LogP contribution in [0.5, 0.6) is 0 Å². The zero-order valence-corrected chi connectivity index (χ0v) is 13.0. The third-order valence-electron chi connectivity index (χ3n) is 3.91. The molecular formula is C15H19N3O2S. The lowest BCUT2D eigenvalue weighted by Gasteiger charge is -2.25. The van der Waals surface area contributed by atoms with E-state index in [0.29, 0.717) is 10.8 Å². The molecule has 3 rings (SSSR count). The summed E-state index contributed by atoms with van der Waals surface area (Å²) in [7, 11) is -3.16. The average molecular weight is 305 g/mol. The first-order valence-corrected chi connectivity index (χ1v) is 8.87. The maximum absolute atomic E-state index is 11.5. The lowest BCUT2D eigenvalue weighted by Crippen LogP contribution is -2.33. The predicted molar refractivity (Wildman–Crippen MR) is 81.8 cm³/mol. The minimum absolute atomic E-state index is 0.169. The van der Waals surface area contributed by atoms with Crippen LogP contribution in [0.2, 0.25) is 0 Å². The fraction of sp³-hybridized carbons (Fsp3) is 0.400. The van der Waals surface area contributed by atoms with Gasteiger partial charge in [-0.05, 0) is 18.6 Å². The molecule has 112 valence electrons. The Labute approximate surface area is 124 Å². The molecule has 0 spiro atoms. The first-order valence-electron chi connectivity index (χ1n) is 6.98. The molecule has 21 heavy (non-hydrogen) atoms. The van der Waals surface area contributed by atoms with Crippen LogP contribution in [0.25, 0.3) is 11.3 Å². The van der Waals surface area contributed by atoms with E-state index >= 15 is 0 Å². The van der Waals surface area contributed by atoms with Crippen LogP contribution >= 0.6 is 0 Å². The number of imidazole rings is 1. The van der Waals surface area contributed by atoms with E-state index in [9.17, 15) is 8.42 Å². The van der Waals surface area contributed by atoms with Crippen LogP contribution in [-0.2, 0) is 16.4 Å². The Balaban J connectivity index is 1.97. The smallest absolute Gasteiger partial charge is 0.175 e. The first kappa shape index (κ1) is 14.3. The second kappa shape index (κ2) is 4.96. The van der Waals surface area contributed by atoms with E-state index in [0.717, 1.165) is 30.0 Å². The Hall–Kier alpha value is -1.66. The van der Waals surface area contributed by atoms with Crippen molar-refractivity contribution in [3.05, 3.63) is 36.3 Å². The molecule has 1 aliphatic heterocycles. The molecule has 1 aromatic carbocycles. The third-order valence-corrected chi connectivity index (χ3v) is 5.04. The van der Waals surface area contributed by atoms with Gasteiger partial charge in [0, 0.05) is 36.5 Å². The summed E-state index contributed by atoms with van der Waals surface area (Å²) in [5.41, 5.74) is 7.83. The van der Waals surface area contributed by atoms with Gasteiger partial charge in [0.15, 0.2) is 9.84 Å². The topological polar surface area (TPSA) is 78.0 Å². The zero-order valence-electron chi connectivity index (χ0n) is 12.2. The number of hydrogen-bond donors (Lipinski definition) is 1. The largest absolute Gasteiger partial charge is 0.332 e. The van der Waals surface area contributed by atoms with Crippen LogP contribution in [0.1, 0.15) is 25.1 Å². The highest BCUT2D eigenvalue weighted by Gasteiger charge is 2.24. The number of rotatable bonds is 2. The Morgan fingerprint density at radius 3 is 2.57 bits per heavy atom. The minimum Gasteiger partial charge on any atom is -0.332 e. The maximum Gasteiger partial charge on any atom is 0.175 e. The number of fused-ring (bicyclic) bond motifs is 1. The van der Waals surface area contributed by atoms with Gasteiger partial charge >= 0.3 is 0 Å². The molecule has 2 atom stereocenters. The minimum atomic E-state index is -3.16. The molecule has 0 radical (unpaired) electrons.